The van der Waals surface area contributed by atoms with Gasteiger partial charge in [-0.2, -0.15) is 0 Å². The van der Waals surface area contributed by atoms with Gasteiger partial charge in [0.15, 0.2) is 0 Å². The number of aromatic nitrogens is 4. The normalized spacial score (nSPS) is 11.3. The molecule has 6 heteroatoms. The minimum atomic E-state index is 0.524. The Morgan fingerprint density at radius 3 is 1.24 bits per heavy atom. The van der Waals surface area contributed by atoms with E-state index in [9.17, 15) is 0 Å². The fourth-order valence-electron chi connectivity index (χ4n) is 7.49. The Bertz CT molecular complexity index is 2860. The number of benzene rings is 6. The van der Waals surface area contributed by atoms with Crippen LogP contribution in [0.5, 0.6) is 0 Å². The molecule has 6 nitrogen and oxygen atoms in total. The molecule has 54 heavy (non-hydrogen) atoms. The average molecular weight is 695 g/mol. The molecule has 0 N–H and O–H groups in total. The van der Waals surface area contributed by atoms with Crippen molar-refractivity contribution in [3.63, 3.8) is 0 Å². The number of oxazole rings is 2. The Labute approximate surface area is 311 Å². The summed E-state index contributed by atoms with van der Waals surface area (Å²) < 4.78 is 11.4. The van der Waals surface area contributed by atoms with Crippen molar-refractivity contribution in [1.82, 2.24) is 19.9 Å². The van der Waals surface area contributed by atoms with E-state index in [1.807, 2.05) is 12.4 Å². The molecule has 10 aromatic rings. The first-order valence-electron chi connectivity index (χ1n) is 17.7. The van der Waals surface area contributed by atoms with Gasteiger partial charge in [0.2, 0.25) is 11.8 Å². The molecular formula is C48H30N4O2. The fourth-order valence-corrected chi connectivity index (χ4v) is 7.49. The molecule has 0 radical (unpaired) electrons. The van der Waals surface area contributed by atoms with Crippen molar-refractivity contribution in [2.75, 3.05) is 0 Å². The number of pyridine rings is 2. The standard InChI is InChI=1S/C48H30N4O2/c1-3-9-31(10-4-1)34-21-35(32-11-5-2-6-12-32)23-36(22-34)33-15-16-43-44(26-33)46(38-25-40(30-50-28-38)48-52-18-20-54-48)42-14-8-7-13-41(42)45(43)37-24-39(29-49-27-37)47-51-17-19-53-47/h1-30H. The maximum Gasteiger partial charge on any atom is 0.227 e. The topological polar surface area (TPSA) is 77.8 Å². The molecular weight excluding hydrogens is 665 g/mol. The second kappa shape index (κ2) is 13.3. The number of rotatable bonds is 7. The van der Waals surface area contributed by atoms with E-state index in [0.717, 1.165) is 77.2 Å². The second-order valence-corrected chi connectivity index (χ2v) is 13.2. The number of fused-ring (bicyclic) bond motifs is 2. The van der Waals surface area contributed by atoms with E-state index in [2.05, 4.69) is 148 Å². The van der Waals surface area contributed by atoms with Crippen LogP contribution in [0, 0.1) is 0 Å². The maximum absolute atomic E-state index is 5.71. The van der Waals surface area contributed by atoms with Crippen molar-refractivity contribution in [1.29, 1.82) is 0 Å². The van der Waals surface area contributed by atoms with Gasteiger partial charge < -0.3 is 8.83 Å². The van der Waals surface area contributed by atoms with Crippen LogP contribution in [0.25, 0.3) is 100 Å². The lowest BCUT2D eigenvalue weighted by molar-refractivity contribution is 0.574. The zero-order valence-corrected chi connectivity index (χ0v) is 28.9. The Kier molecular flexibility index (Phi) is 7.69. The minimum absolute atomic E-state index is 0.524. The van der Waals surface area contributed by atoms with Crippen LogP contribution in [0.1, 0.15) is 0 Å². The van der Waals surface area contributed by atoms with Crippen molar-refractivity contribution in [2.45, 2.75) is 0 Å². The van der Waals surface area contributed by atoms with Gasteiger partial charge in [-0.25, -0.2) is 9.97 Å². The quantitative estimate of drug-likeness (QED) is 0.155. The lowest BCUT2D eigenvalue weighted by Crippen LogP contribution is -1.94. The summed E-state index contributed by atoms with van der Waals surface area (Å²) in [5, 5.41) is 4.36. The third kappa shape index (κ3) is 5.63. The lowest BCUT2D eigenvalue weighted by atomic mass is 9.84. The number of nitrogens with zero attached hydrogens (tertiary/aromatic N) is 4. The van der Waals surface area contributed by atoms with Gasteiger partial charge in [-0.1, -0.05) is 97.1 Å². The first-order valence-corrected chi connectivity index (χ1v) is 17.7. The smallest absolute Gasteiger partial charge is 0.227 e. The van der Waals surface area contributed by atoms with Gasteiger partial charge in [0.05, 0.1) is 23.5 Å². The van der Waals surface area contributed by atoms with Gasteiger partial charge >= 0.3 is 0 Å². The molecule has 4 aromatic heterocycles. The van der Waals surface area contributed by atoms with Crippen LogP contribution in [0.15, 0.2) is 192 Å². The highest BCUT2D eigenvalue weighted by Crippen LogP contribution is 2.46. The van der Waals surface area contributed by atoms with E-state index in [1.165, 1.54) is 11.1 Å². The lowest BCUT2D eigenvalue weighted by Gasteiger charge is -2.19. The zero-order chi connectivity index (χ0) is 35.8. The van der Waals surface area contributed by atoms with Crippen molar-refractivity contribution < 1.29 is 8.83 Å². The van der Waals surface area contributed by atoms with E-state index < -0.39 is 0 Å². The monoisotopic (exact) mass is 694 g/mol. The van der Waals surface area contributed by atoms with Crippen LogP contribution in [0.2, 0.25) is 0 Å². The van der Waals surface area contributed by atoms with Crippen LogP contribution in [0.3, 0.4) is 0 Å². The van der Waals surface area contributed by atoms with Crippen LogP contribution >= 0.6 is 0 Å². The predicted octanol–water partition coefficient (Wildman–Crippen LogP) is 12.4. The number of hydrogen-bond donors (Lipinski definition) is 0. The van der Waals surface area contributed by atoms with E-state index in [-0.39, 0.29) is 0 Å². The van der Waals surface area contributed by atoms with Gasteiger partial charge in [-0.05, 0) is 102 Å². The fraction of sp³-hybridized carbons (Fsp3) is 0. The summed E-state index contributed by atoms with van der Waals surface area (Å²) in [5.41, 5.74) is 12.6. The first-order chi connectivity index (χ1) is 26.8. The highest BCUT2D eigenvalue weighted by Gasteiger charge is 2.20. The van der Waals surface area contributed by atoms with E-state index >= 15 is 0 Å². The second-order valence-electron chi connectivity index (χ2n) is 13.2. The largest absolute Gasteiger partial charge is 0.444 e. The van der Waals surface area contributed by atoms with Crippen LogP contribution in [-0.2, 0) is 0 Å². The van der Waals surface area contributed by atoms with Gasteiger partial charge in [0.1, 0.15) is 12.5 Å². The molecule has 0 aliphatic rings. The Balaban J connectivity index is 1.27. The first kappa shape index (κ1) is 31.3. The molecule has 0 saturated carbocycles. The van der Waals surface area contributed by atoms with Crippen LogP contribution < -0.4 is 0 Å². The molecule has 254 valence electrons. The molecule has 0 amide bonds. The highest BCUT2D eigenvalue weighted by molar-refractivity contribution is 6.22. The van der Waals surface area contributed by atoms with Crippen LogP contribution in [0.4, 0.5) is 0 Å². The molecule has 10 rings (SSSR count). The third-order valence-electron chi connectivity index (χ3n) is 9.92. The van der Waals surface area contributed by atoms with Gasteiger partial charge in [0.25, 0.3) is 0 Å². The average Bonchev–Trinajstić information content (AvgIpc) is 4.00. The van der Waals surface area contributed by atoms with E-state index in [0.29, 0.717) is 11.8 Å². The molecule has 0 saturated heterocycles. The van der Waals surface area contributed by atoms with Gasteiger partial charge in [0, 0.05) is 35.9 Å². The molecule has 0 fully saturated rings. The van der Waals surface area contributed by atoms with Crippen molar-refractivity contribution in [3.8, 4) is 78.5 Å². The molecule has 0 unspecified atom stereocenters. The zero-order valence-electron chi connectivity index (χ0n) is 28.9. The Morgan fingerprint density at radius 1 is 0.315 bits per heavy atom. The molecule has 0 atom stereocenters. The number of hydrogen-bond acceptors (Lipinski definition) is 6. The van der Waals surface area contributed by atoms with Gasteiger partial charge in [-0.15, -0.1) is 0 Å². The SMILES string of the molecule is c1ccc(-c2cc(-c3ccccc3)cc(-c3ccc4c(-c5cncc(-c6ncco6)c5)c5ccccc5c(-c5cncc(-c6ncco6)c5)c4c3)c2)cc1. The predicted molar refractivity (Wildman–Crippen MR) is 215 cm³/mol. The minimum Gasteiger partial charge on any atom is -0.444 e. The third-order valence-corrected chi connectivity index (χ3v) is 9.92. The van der Waals surface area contributed by atoms with E-state index in [4.69, 9.17) is 13.8 Å². The summed E-state index contributed by atoms with van der Waals surface area (Å²) in [6, 6.07) is 47.6. The molecule has 0 spiro atoms. The molecule has 4 heterocycles. The van der Waals surface area contributed by atoms with Crippen molar-refractivity contribution >= 4 is 21.5 Å². The summed E-state index contributed by atoms with van der Waals surface area (Å²) >= 11 is 0. The summed E-state index contributed by atoms with van der Waals surface area (Å²) in [6.45, 7) is 0. The van der Waals surface area contributed by atoms with Crippen molar-refractivity contribution in [2.24, 2.45) is 0 Å². The van der Waals surface area contributed by atoms with Crippen LogP contribution in [-0.4, -0.2) is 19.9 Å². The molecule has 0 aliphatic carbocycles. The van der Waals surface area contributed by atoms with Crippen molar-refractivity contribution in [3.05, 3.63) is 183 Å². The summed E-state index contributed by atoms with van der Waals surface area (Å²) in [7, 11) is 0. The summed E-state index contributed by atoms with van der Waals surface area (Å²) in [6.07, 6.45) is 13.9. The molecule has 0 aliphatic heterocycles. The molecule has 6 aromatic carbocycles. The van der Waals surface area contributed by atoms with Gasteiger partial charge in [-0.3, -0.25) is 9.97 Å². The molecule has 0 bridgehead atoms. The highest BCUT2D eigenvalue weighted by atomic mass is 16.3. The van der Waals surface area contributed by atoms with E-state index in [1.54, 1.807) is 37.3 Å². The Hall–Kier alpha value is -7.44. The maximum atomic E-state index is 5.71. The summed E-state index contributed by atoms with van der Waals surface area (Å²) in [5.74, 6) is 1.05. The summed E-state index contributed by atoms with van der Waals surface area (Å²) in [4.78, 5) is 18.2. The Morgan fingerprint density at radius 2 is 0.741 bits per heavy atom.